The van der Waals surface area contributed by atoms with E-state index in [1.54, 1.807) is 6.07 Å². The van der Waals surface area contributed by atoms with Crippen LogP contribution in [0.2, 0.25) is 5.02 Å². The summed E-state index contributed by atoms with van der Waals surface area (Å²) < 4.78 is 16.1. The fourth-order valence-corrected chi connectivity index (χ4v) is 2.71. The molecule has 3 N–H and O–H groups in total. The highest BCUT2D eigenvalue weighted by Gasteiger charge is 2.13. The minimum absolute atomic E-state index is 0.260. The van der Waals surface area contributed by atoms with Crippen LogP contribution in [0.5, 0.6) is 17.2 Å². The number of primary amides is 1. The van der Waals surface area contributed by atoms with E-state index in [1.165, 1.54) is 7.11 Å². The highest BCUT2D eigenvalue weighted by atomic mass is 35.5. The Balaban J connectivity index is 2.00. The van der Waals surface area contributed by atoms with Crippen molar-refractivity contribution in [3.63, 3.8) is 0 Å². The lowest BCUT2D eigenvalue weighted by atomic mass is 10.1. The van der Waals surface area contributed by atoms with E-state index in [1.807, 2.05) is 37.3 Å². The van der Waals surface area contributed by atoms with Gasteiger partial charge in [-0.1, -0.05) is 23.7 Å². The zero-order chi connectivity index (χ0) is 18.9. The molecule has 0 saturated carbocycles. The van der Waals surface area contributed by atoms with Crippen LogP contribution >= 0.6 is 11.6 Å². The Hall–Kier alpha value is -2.44. The molecule has 2 aromatic rings. The van der Waals surface area contributed by atoms with Gasteiger partial charge in [0.25, 0.3) is 5.91 Å². The predicted molar refractivity (Wildman–Crippen MR) is 101 cm³/mol. The first-order valence-electron chi connectivity index (χ1n) is 8.23. The molecule has 26 heavy (non-hydrogen) atoms. The van der Waals surface area contributed by atoms with Gasteiger partial charge in [-0.15, -0.1) is 0 Å². The lowest BCUT2D eigenvalue weighted by Crippen LogP contribution is -2.20. The van der Waals surface area contributed by atoms with E-state index >= 15 is 0 Å². The Kier molecular flexibility index (Phi) is 7.56. The topological polar surface area (TPSA) is 82.8 Å². The van der Waals surface area contributed by atoms with Gasteiger partial charge in [-0.05, 0) is 42.3 Å². The van der Waals surface area contributed by atoms with Crippen molar-refractivity contribution in [1.82, 2.24) is 5.32 Å². The minimum Gasteiger partial charge on any atom is -0.494 e. The third kappa shape index (κ3) is 5.82. The van der Waals surface area contributed by atoms with Crippen molar-refractivity contribution < 1.29 is 19.0 Å². The van der Waals surface area contributed by atoms with Gasteiger partial charge < -0.3 is 25.3 Å². The Morgan fingerprint density at radius 1 is 1.15 bits per heavy atom. The van der Waals surface area contributed by atoms with E-state index in [-0.39, 0.29) is 6.61 Å². The first kappa shape index (κ1) is 19.9. The Morgan fingerprint density at radius 3 is 2.62 bits per heavy atom. The third-order valence-electron chi connectivity index (χ3n) is 3.52. The summed E-state index contributed by atoms with van der Waals surface area (Å²) in [7, 11) is 1.51. The summed E-state index contributed by atoms with van der Waals surface area (Å²) in [6.45, 7) is 3.61. The lowest BCUT2D eigenvalue weighted by molar-refractivity contribution is -0.119. The summed E-state index contributed by atoms with van der Waals surface area (Å²) in [5.74, 6) is 1.03. The van der Waals surface area contributed by atoms with Gasteiger partial charge in [0.05, 0.1) is 18.7 Å². The van der Waals surface area contributed by atoms with E-state index in [2.05, 4.69) is 5.32 Å². The molecule has 7 heteroatoms. The molecular formula is C19H23ClN2O4. The number of ether oxygens (including phenoxy) is 3. The molecule has 0 unspecified atom stereocenters. The van der Waals surface area contributed by atoms with Gasteiger partial charge in [-0.25, -0.2) is 0 Å². The van der Waals surface area contributed by atoms with Crippen LogP contribution in [0.1, 0.15) is 18.1 Å². The number of halogens is 1. The molecular weight excluding hydrogens is 356 g/mol. The number of benzene rings is 2. The highest BCUT2D eigenvalue weighted by molar-refractivity contribution is 6.32. The van der Waals surface area contributed by atoms with Crippen LogP contribution in [0, 0.1) is 0 Å². The maximum Gasteiger partial charge on any atom is 0.255 e. The number of hydrogen-bond donors (Lipinski definition) is 2. The van der Waals surface area contributed by atoms with Crippen molar-refractivity contribution in [2.45, 2.75) is 20.0 Å². The summed E-state index contributed by atoms with van der Waals surface area (Å²) in [5, 5.41) is 3.71. The number of amides is 1. The van der Waals surface area contributed by atoms with Crippen LogP contribution in [0.15, 0.2) is 36.4 Å². The van der Waals surface area contributed by atoms with Gasteiger partial charge in [0.1, 0.15) is 5.75 Å². The monoisotopic (exact) mass is 378 g/mol. The van der Waals surface area contributed by atoms with Crippen LogP contribution in [0.3, 0.4) is 0 Å². The van der Waals surface area contributed by atoms with E-state index in [0.29, 0.717) is 36.2 Å². The molecule has 0 heterocycles. The number of carbonyl (C=O) groups excluding carboxylic acids is 1. The lowest BCUT2D eigenvalue weighted by Gasteiger charge is -2.14. The van der Waals surface area contributed by atoms with E-state index in [0.717, 1.165) is 16.9 Å². The van der Waals surface area contributed by atoms with E-state index < -0.39 is 5.91 Å². The minimum atomic E-state index is -0.580. The van der Waals surface area contributed by atoms with Gasteiger partial charge in [-0.2, -0.15) is 0 Å². The third-order valence-corrected chi connectivity index (χ3v) is 3.80. The maximum absolute atomic E-state index is 10.9. The largest absolute Gasteiger partial charge is 0.494 e. The number of nitrogens with two attached hydrogens (primary N) is 1. The number of nitrogens with one attached hydrogen (secondary N) is 1. The Morgan fingerprint density at radius 2 is 1.92 bits per heavy atom. The summed E-state index contributed by atoms with van der Waals surface area (Å²) in [5.41, 5.74) is 7.15. The van der Waals surface area contributed by atoms with Crippen LogP contribution in [0.4, 0.5) is 0 Å². The smallest absolute Gasteiger partial charge is 0.255 e. The molecule has 0 saturated heterocycles. The molecule has 0 fully saturated rings. The van der Waals surface area contributed by atoms with Crippen molar-refractivity contribution in [1.29, 1.82) is 0 Å². The summed E-state index contributed by atoms with van der Waals surface area (Å²) in [6, 6.07) is 11.5. The van der Waals surface area contributed by atoms with Crippen LogP contribution in [-0.2, 0) is 17.9 Å². The molecule has 6 nitrogen and oxygen atoms in total. The molecule has 0 aliphatic rings. The van der Waals surface area contributed by atoms with Crippen molar-refractivity contribution in [2.24, 2.45) is 5.73 Å². The zero-order valence-corrected chi connectivity index (χ0v) is 15.6. The van der Waals surface area contributed by atoms with Crippen molar-refractivity contribution >= 4 is 17.5 Å². The summed E-state index contributed by atoms with van der Waals surface area (Å²) in [4.78, 5) is 10.9. The molecule has 2 rings (SSSR count). The first-order chi connectivity index (χ1) is 12.5. The average Bonchev–Trinajstić information content (AvgIpc) is 2.61. The van der Waals surface area contributed by atoms with Crippen molar-refractivity contribution in [3.8, 4) is 17.2 Å². The van der Waals surface area contributed by atoms with Gasteiger partial charge in [0.15, 0.2) is 18.1 Å². The zero-order valence-electron chi connectivity index (χ0n) is 14.9. The van der Waals surface area contributed by atoms with Gasteiger partial charge in [0, 0.05) is 13.1 Å². The quantitative estimate of drug-likeness (QED) is 0.664. The second-order valence-corrected chi connectivity index (χ2v) is 5.96. The molecule has 0 spiro atoms. The van der Waals surface area contributed by atoms with Crippen molar-refractivity contribution in [3.05, 3.63) is 52.5 Å². The van der Waals surface area contributed by atoms with Crippen LogP contribution in [0.25, 0.3) is 0 Å². The van der Waals surface area contributed by atoms with Crippen molar-refractivity contribution in [2.75, 3.05) is 20.3 Å². The summed E-state index contributed by atoms with van der Waals surface area (Å²) in [6.07, 6.45) is 0. The molecule has 0 aliphatic heterocycles. The number of rotatable bonds is 10. The molecule has 2 aromatic carbocycles. The van der Waals surface area contributed by atoms with Gasteiger partial charge in [-0.3, -0.25) is 4.79 Å². The Bertz CT molecular complexity index is 752. The number of carbonyl (C=O) groups is 1. The van der Waals surface area contributed by atoms with Gasteiger partial charge >= 0.3 is 0 Å². The molecule has 0 bridgehead atoms. The highest BCUT2D eigenvalue weighted by Crippen LogP contribution is 2.36. The number of hydrogen-bond acceptors (Lipinski definition) is 5. The first-order valence-corrected chi connectivity index (χ1v) is 8.61. The van der Waals surface area contributed by atoms with E-state index in [4.69, 9.17) is 31.5 Å². The van der Waals surface area contributed by atoms with Crippen LogP contribution < -0.4 is 25.3 Å². The fraction of sp³-hybridized carbons (Fsp3) is 0.316. The molecule has 1 amide bonds. The molecule has 140 valence electrons. The number of methoxy groups -OCH3 is 1. The summed E-state index contributed by atoms with van der Waals surface area (Å²) >= 11 is 6.25. The molecule has 0 radical (unpaired) electrons. The molecule has 0 aliphatic carbocycles. The molecule has 0 atom stereocenters. The predicted octanol–water partition coefficient (Wildman–Crippen LogP) is 2.90. The maximum atomic E-state index is 10.9. The van der Waals surface area contributed by atoms with Gasteiger partial charge in [0.2, 0.25) is 0 Å². The fourth-order valence-electron chi connectivity index (χ4n) is 2.42. The second kappa shape index (κ2) is 9.89. The van der Waals surface area contributed by atoms with E-state index in [9.17, 15) is 4.79 Å². The molecule has 0 aromatic heterocycles. The standard InChI is InChI=1S/C19H23ClN2O4/c1-3-25-15-6-4-5-13(7-15)10-22-11-14-8-16(20)19(17(9-14)24-2)26-12-18(21)23/h4-9,22H,3,10-12H2,1-2H3,(H2,21,23). The SMILES string of the molecule is CCOc1cccc(CNCc2cc(Cl)c(OCC(N)=O)c(OC)c2)c1. The second-order valence-electron chi connectivity index (χ2n) is 5.55. The van der Waals surface area contributed by atoms with Crippen LogP contribution in [-0.4, -0.2) is 26.2 Å². The Labute approximate surface area is 158 Å². The average molecular weight is 379 g/mol. The normalized spacial score (nSPS) is 10.4.